The average Bonchev–Trinajstić information content (AvgIpc) is 2.44. The molecule has 0 amide bonds. The van der Waals surface area contributed by atoms with Crippen LogP contribution < -0.4 is 0 Å². The summed E-state index contributed by atoms with van der Waals surface area (Å²) >= 11 is 0. The van der Waals surface area contributed by atoms with E-state index in [4.69, 9.17) is 20.3 Å². The third kappa shape index (κ3) is 9.94. The van der Waals surface area contributed by atoms with Crippen LogP contribution in [0.1, 0.15) is 60.8 Å². The van der Waals surface area contributed by atoms with Crippen molar-refractivity contribution in [3.8, 4) is 0 Å². The summed E-state index contributed by atoms with van der Waals surface area (Å²) < 4.78 is 0. The predicted molar refractivity (Wildman–Crippen MR) is 68.0 cm³/mol. The van der Waals surface area contributed by atoms with Gasteiger partial charge >= 0.3 is 0 Å². The number of hydrogen-bond acceptors (Lipinski definition) is 7. The van der Waals surface area contributed by atoms with Crippen LogP contribution in [0.2, 0.25) is 0 Å². The summed E-state index contributed by atoms with van der Waals surface area (Å²) in [5.41, 5.74) is 0. The van der Waals surface area contributed by atoms with Gasteiger partial charge in [-0.1, -0.05) is 20.8 Å². The van der Waals surface area contributed by atoms with Crippen LogP contribution in [-0.4, -0.2) is 27.9 Å². The molecule has 0 rings (SSSR count). The predicted octanol–water partition coefficient (Wildman–Crippen LogP) is 3.15. The number of carbonyl (C=O) groups excluding carboxylic acids is 1. The molecule has 0 saturated heterocycles. The molecular formula is C12H26O7. The van der Waals surface area contributed by atoms with Crippen LogP contribution in [0.4, 0.5) is 0 Å². The largest absolute Gasteiger partial charge is 0.300 e. The molecule has 116 valence electrons. The van der Waals surface area contributed by atoms with E-state index in [9.17, 15) is 4.79 Å². The lowest BCUT2D eigenvalue weighted by Crippen LogP contribution is -2.38. The van der Waals surface area contributed by atoms with Gasteiger partial charge in [0.05, 0.1) is 0 Å². The number of rotatable bonds is 8. The first kappa shape index (κ1) is 20.7. The first-order chi connectivity index (χ1) is 8.72. The Morgan fingerprint density at radius 2 is 1.21 bits per heavy atom. The van der Waals surface area contributed by atoms with E-state index in [1.54, 1.807) is 20.8 Å². The lowest BCUT2D eigenvalue weighted by Gasteiger charge is -2.29. The monoisotopic (exact) mass is 282 g/mol. The summed E-state index contributed by atoms with van der Waals surface area (Å²) in [7, 11) is 0. The van der Waals surface area contributed by atoms with Gasteiger partial charge in [-0.05, 0) is 20.8 Å². The van der Waals surface area contributed by atoms with Gasteiger partial charge in [-0.15, -0.1) is 0 Å². The fraction of sp³-hybridized carbons (Fsp3) is 0.917. The van der Waals surface area contributed by atoms with E-state index in [2.05, 4.69) is 9.78 Å². The molecule has 0 spiro atoms. The molecule has 7 nitrogen and oxygen atoms in total. The lowest BCUT2D eigenvalue weighted by molar-refractivity contribution is -0.566. The van der Waals surface area contributed by atoms with Crippen LogP contribution in [0.15, 0.2) is 0 Å². The summed E-state index contributed by atoms with van der Waals surface area (Å²) in [5, 5.41) is 17.0. The van der Waals surface area contributed by atoms with Crippen molar-refractivity contribution in [3.05, 3.63) is 0 Å². The van der Waals surface area contributed by atoms with Crippen LogP contribution in [0.3, 0.4) is 0 Å². The molecule has 0 fully saturated rings. The summed E-state index contributed by atoms with van der Waals surface area (Å²) in [6.07, 6.45) is 1.41. The number of ketones is 1. The Morgan fingerprint density at radius 1 is 0.947 bits per heavy atom. The second-order valence-electron chi connectivity index (χ2n) is 4.38. The fourth-order valence-electron chi connectivity index (χ4n) is 0.454. The summed E-state index contributed by atoms with van der Waals surface area (Å²) in [6.45, 7) is 9.88. The van der Waals surface area contributed by atoms with E-state index >= 15 is 0 Å². The van der Waals surface area contributed by atoms with Crippen LogP contribution in [-0.2, 0) is 24.3 Å². The molecule has 0 aromatic heterocycles. The molecule has 0 radical (unpaired) electrons. The molecule has 2 unspecified atom stereocenters. The minimum Gasteiger partial charge on any atom is -0.300 e. The minimum atomic E-state index is -1.27. The molecule has 0 bridgehead atoms. The van der Waals surface area contributed by atoms with Gasteiger partial charge in [0.15, 0.2) is 0 Å². The maximum atomic E-state index is 9.81. The van der Waals surface area contributed by atoms with Gasteiger partial charge in [0, 0.05) is 19.3 Å². The molecule has 19 heavy (non-hydrogen) atoms. The molecule has 7 heteroatoms. The third-order valence-electron chi connectivity index (χ3n) is 2.56. The van der Waals surface area contributed by atoms with Gasteiger partial charge in [-0.2, -0.15) is 9.78 Å². The number of carbonyl (C=O) groups is 1. The third-order valence-corrected chi connectivity index (χ3v) is 2.56. The fourth-order valence-corrected chi connectivity index (χ4v) is 0.454. The molecule has 0 aliphatic rings. The van der Waals surface area contributed by atoms with Crippen molar-refractivity contribution in [2.45, 2.75) is 72.4 Å². The highest BCUT2D eigenvalue weighted by Gasteiger charge is 2.33. The quantitative estimate of drug-likeness (QED) is 0.401. The molecule has 0 aliphatic carbocycles. The van der Waals surface area contributed by atoms with Gasteiger partial charge in [0.1, 0.15) is 5.78 Å². The van der Waals surface area contributed by atoms with Crippen LogP contribution in [0.25, 0.3) is 0 Å². The van der Waals surface area contributed by atoms with Crippen molar-refractivity contribution in [2.75, 3.05) is 0 Å². The molecule has 0 aromatic rings. The number of hydrogen-bond donors (Lipinski definition) is 2. The standard InChI is InChI=1S/C8H18O6.C4H8O/c1-5-7(3,11-9)13-14-8(4,6-2)12-10;1-3-4(2)5/h9-10H,5-6H2,1-4H3;3H2,1-2H3. The van der Waals surface area contributed by atoms with Crippen LogP contribution in [0, 0.1) is 0 Å². The van der Waals surface area contributed by atoms with Gasteiger partial charge in [-0.25, -0.2) is 20.3 Å². The van der Waals surface area contributed by atoms with Gasteiger partial charge in [0.25, 0.3) is 0 Å². The minimum absolute atomic E-state index is 0.255. The molecule has 0 aliphatic heterocycles. The Bertz CT molecular complexity index is 216. The normalized spacial score (nSPS) is 16.8. The smallest absolute Gasteiger partial charge is 0.230 e. The Hall–Kier alpha value is -0.570. The average molecular weight is 282 g/mol. The highest BCUT2D eigenvalue weighted by atomic mass is 17.3. The molecule has 2 atom stereocenters. The lowest BCUT2D eigenvalue weighted by atomic mass is 10.2. The first-order valence-electron chi connectivity index (χ1n) is 6.23. The van der Waals surface area contributed by atoms with Crippen LogP contribution in [0.5, 0.6) is 0 Å². The maximum absolute atomic E-state index is 9.81. The second kappa shape index (κ2) is 10.2. The topological polar surface area (TPSA) is 94.5 Å². The highest BCUT2D eigenvalue weighted by molar-refractivity contribution is 5.74. The van der Waals surface area contributed by atoms with Gasteiger partial charge in [-0.3, -0.25) is 0 Å². The molecular weight excluding hydrogens is 256 g/mol. The second-order valence-corrected chi connectivity index (χ2v) is 4.38. The first-order valence-corrected chi connectivity index (χ1v) is 6.23. The zero-order valence-electron chi connectivity index (χ0n) is 12.6. The van der Waals surface area contributed by atoms with E-state index in [1.807, 2.05) is 6.92 Å². The molecule has 2 N–H and O–H groups in total. The van der Waals surface area contributed by atoms with E-state index < -0.39 is 11.6 Å². The van der Waals surface area contributed by atoms with Gasteiger partial charge < -0.3 is 4.79 Å². The number of Topliss-reactive ketones (excluding diaryl/α,β-unsaturated/α-hetero) is 1. The Balaban J connectivity index is 0. The molecule has 0 aromatic carbocycles. The van der Waals surface area contributed by atoms with Crippen molar-refractivity contribution in [1.82, 2.24) is 0 Å². The van der Waals surface area contributed by atoms with Crippen molar-refractivity contribution in [2.24, 2.45) is 0 Å². The van der Waals surface area contributed by atoms with E-state index in [0.29, 0.717) is 19.3 Å². The molecule has 0 saturated carbocycles. The Morgan fingerprint density at radius 3 is 1.32 bits per heavy atom. The van der Waals surface area contributed by atoms with Gasteiger partial charge in [0.2, 0.25) is 11.6 Å². The van der Waals surface area contributed by atoms with E-state index in [1.165, 1.54) is 13.8 Å². The van der Waals surface area contributed by atoms with Crippen LogP contribution >= 0.6 is 0 Å². The van der Waals surface area contributed by atoms with Crippen molar-refractivity contribution in [1.29, 1.82) is 0 Å². The van der Waals surface area contributed by atoms with Crippen molar-refractivity contribution in [3.63, 3.8) is 0 Å². The summed E-state index contributed by atoms with van der Waals surface area (Å²) in [6, 6.07) is 0. The SMILES string of the molecule is CCC(C)(OO)OOC(C)(CC)OO.CCC(C)=O. The van der Waals surface area contributed by atoms with E-state index in [0.717, 1.165) is 0 Å². The maximum Gasteiger partial charge on any atom is 0.230 e. The van der Waals surface area contributed by atoms with Crippen molar-refractivity contribution < 1.29 is 34.9 Å². The summed E-state index contributed by atoms with van der Waals surface area (Å²) in [4.78, 5) is 27.6. The highest BCUT2D eigenvalue weighted by Crippen LogP contribution is 2.22. The molecule has 0 heterocycles. The zero-order chi connectivity index (χ0) is 15.5. The Labute approximate surface area is 114 Å². The van der Waals surface area contributed by atoms with E-state index in [-0.39, 0.29) is 5.78 Å². The summed E-state index contributed by atoms with van der Waals surface area (Å²) in [5.74, 6) is -2.28. The van der Waals surface area contributed by atoms with Crippen molar-refractivity contribution >= 4 is 5.78 Å². The zero-order valence-corrected chi connectivity index (χ0v) is 12.6. The Kier molecular flexibility index (Phi) is 11.2.